The highest BCUT2D eigenvalue weighted by atomic mass is 16.5. The predicted octanol–water partition coefficient (Wildman–Crippen LogP) is 2.88. The molecule has 0 spiro atoms. The summed E-state index contributed by atoms with van der Waals surface area (Å²) in [5.74, 6) is 2.30. The molecule has 2 saturated heterocycles. The van der Waals surface area contributed by atoms with E-state index in [0.29, 0.717) is 28.9 Å². The van der Waals surface area contributed by atoms with E-state index < -0.39 is 5.60 Å². The van der Waals surface area contributed by atoms with Crippen molar-refractivity contribution in [2.24, 2.45) is 11.7 Å². The van der Waals surface area contributed by atoms with Crippen molar-refractivity contribution in [3.05, 3.63) is 42.4 Å². The molecule has 2 aliphatic carbocycles. The lowest BCUT2D eigenvalue weighted by Gasteiger charge is -2.36. The number of nitriles is 1. The number of piperidine rings is 1. The lowest BCUT2D eigenvalue weighted by atomic mass is 9.83. The summed E-state index contributed by atoms with van der Waals surface area (Å²) >= 11 is 0. The zero-order chi connectivity index (χ0) is 23.0. The van der Waals surface area contributed by atoms with Gasteiger partial charge in [0.25, 0.3) is 0 Å². The first kappa shape index (κ1) is 20.5. The van der Waals surface area contributed by atoms with E-state index in [2.05, 4.69) is 22.1 Å². The molecule has 3 aromatic rings. The molecule has 4 aliphatic rings. The van der Waals surface area contributed by atoms with Gasteiger partial charge >= 0.3 is 0 Å². The number of aliphatic hydroxyl groups is 1. The second-order valence-corrected chi connectivity index (χ2v) is 10.6. The SMILES string of the molecule is CC(C)(O)COc1cc(-c2ccc(N3C4CC5CC3C(N)(C5)C4)nc2)c2c(C#N)cnn2c1. The van der Waals surface area contributed by atoms with Gasteiger partial charge in [-0.15, -0.1) is 0 Å². The van der Waals surface area contributed by atoms with Gasteiger partial charge in [-0.05, 0) is 63.6 Å². The third-order valence-corrected chi connectivity index (χ3v) is 7.46. The summed E-state index contributed by atoms with van der Waals surface area (Å²) in [6, 6.07) is 9.09. The van der Waals surface area contributed by atoms with Gasteiger partial charge in [-0.1, -0.05) is 0 Å². The first-order chi connectivity index (χ1) is 15.7. The average molecular weight is 445 g/mol. The molecule has 4 atom stereocenters. The number of hydrogen-bond donors (Lipinski definition) is 2. The number of pyridine rings is 2. The number of nitrogens with two attached hydrogens (primary N) is 1. The molecule has 0 amide bonds. The first-order valence-corrected chi connectivity index (χ1v) is 11.5. The Morgan fingerprint density at radius 3 is 2.85 bits per heavy atom. The fourth-order valence-corrected chi connectivity index (χ4v) is 6.25. The van der Waals surface area contributed by atoms with Crippen LogP contribution in [0.1, 0.15) is 45.1 Å². The smallest absolute Gasteiger partial charge is 0.138 e. The van der Waals surface area contributed by atoms with Crippen LogP contribution < -0.4 is 15.4 Å². The monoisotopic (exact) mass is 444 g/mol. The second-order valence-electron chi connectivity index (χ2n) is 10.6. The van der Waals surface area contributed by atoms with Gasteiger partial charge in [0, 0.05) is 34.9 Å². The van der Waals surface area contributed by atoms with Crippen LogP contribution in [-0.2, 0) is 0 Å². The maximum absolute atomic E-state index is 10.0. The van der Waals surface area contributed by atoms with Gasteiger partial charge in [0.05, 0.1) is 29.1 Å². The van der Waals surface area contributed by atoms with Crippen LogP contribution in [0.5, 0.6) is 5.75 Å². The summed E-state index contributed by atoms with van der Waals surface area (Å²) in [5, 5.41) is 24.0. The third-order valence-electron chi connectivity index (χ3n) is 7.46. The molecule has 170 valence electrons. The zero-order valence-corrected chi connectivity index (χ0v) is 18.9. The molecule has 8 heteroatoms. The molecule has 3 aromatic heterocycles. The fourth-order valence-electron chi connectivity index (χ4n) is 6.25. The average Bonchev–Trinajstić information content (AvgIpc) is 3.35. The van der Waals surface area contributed by atoms with E-state index in [1.54, 1.807) is 30.8 Å². The maximum atomic E-state index is 10.0. The van der Waals surface area contributed by atoms with Crippen molar-refractivity contribution < 1.29 is 9.84 Å². The van der Waals surface area contributed by atoms with Gasteiger partial charge in [-0.2, -0.15) is 10.4 Å². The lowest BCUT2D eigenvalue weighted by molar-refractivity contribution is 0.0283. The van der Waals surface area contributed by atoms with Crippen molar-refractivity contribution in [2.75, 3.05) is 11.5 Å². The molecule has 3 N–H and O–H groups in total. The summed E-state index contributed by atoms with van der Waals surface area (Å²) in [4.78, 5) is 7.29. The van der Waals surface area contributed by atoms with E-state index in [-0.39, 0.29) is 12.1 Å². The highest BCUT2D eigenvalue weighted by Crippen LogP contribution is 2.55. The van der Waals surface area contributed by atoms with Crippen LogP contribution in [-0.4, -0.2) is 49.5 Å². The van der Waals surface area contributed by atoms with Crippen LogP contribution >= 0.6 is 0 Å². The minimum Gasteiger partial charge on any atom is -0.489 e. The quantitative estimate of drug-likeness (QED) is 0.622. The Morgan fingerprint density at radius 1 is 1.30 bits per heavy atom. The Morgan fingerprint density at radius 2 is 2.15 bits per heavy atom. The number of aromatic nitrogens is 3. The number of anilines is 1. The molecule has 0 radical (unpaired) electrons. The summed E-state index contributed by atoms with van der Waals surface area (Å²) in [6.45, 7) is 3.53. The van der Waals surface area contributed by atoms with E-state index >= 15 is 0 Å². The molecule has 8 nitrogen and oxygen atoms in total. The number of rotatable bonds is 5. The minimum atomic E-state index is -0.963. The Hall–Kier alpha value is -3.15. The standard InChI is InChI=1S/C25H28N6O2/c1-24(2,32)14-33-19-7-20(23-17(10-26)12-29-30(23)13-19)16-3-4-22(28-11-16)31-18-5-15-6-21(31)25(27,8-15)9-18/h3-4,7,11-13,15,18,21,32H,5-6,8-9,14,27H2,1-2H3. The highest BCUT2D eigenvalue weighted by Gasteiger charge is 2.60. The molecular formula is C25H28N6O2. The molecular weight excluding hydrogens is 416 g/mol. The molecule has 5 heterocycles. The zero-order valence-electron chi connectivity index (χ0n) is 18.9. The summed E-state index contributed by atoms with van der Waals surface area (Å²) in [7, 11) is 0. The minimum absolute atomic E-state index is 0.0639. The highest BCUT2D eigenvalue weighted by molar-refractivity contribution is 5.85. The lowest BCUT2D eigenvalue weighted by Crippen LogP contribution is -2.47. The van der Waals surface area contributed by atoms with Gasteiger partial charge in [0.2, 0.25) is 0 Å². The predicted molar refractivity (Wildman–Crippen MR) is 124 cm³/mol. The van der Waals surface area contributed by atoms with Gasteiger partial charge < -0.3 is 20.5 Å². The molecule has 2 aliphatic heterocycles. The van der Waals surface area contributed by atoms with Gasteiger partial charge in [0.15, 0.2) is 0 Å². The largest absolute Gasteiger partial charge is 0.489 e. The van der Waals surface area contributed by atoms with Crippen molar-refractivity contribution in [2.45, 2.75) is 62.8 Å². The summed E-state index contributed by atoms with van der Waals surface area (Å²) in [5.41, 5.74) is 8.62. The number of nitrogens with zero attached hydrogens (tertiary/aromatic N) is 5. The number of hydrogen-bond acceptors (Lipinski definition) is 7. The van der Waals surface area contributed by atoms with Crippen molar-refractivity contribution in [1.29, 1.82) is 5.26 Å². The molecule has 2 saturated carbocycles. The van der Waals surface area contributed by atoms with Crippen LogP contribution in [0.2, 0.25) is 0 Å². The van der Waals surface area contributed by atoms with Gasteiger partial charge in [-0.25, -0.2) is 9.50 Å². The second kappa shape index (κ2) is 6.92. The van der Waals surface area contributed by atoms with Gasteiger partial charge in [0.1, 0.15) is 24.2 Å². The third kappa shape index (κ3) is 3.26. The number of fused-ring (bicyclic) bond motifs is 1. The van der Waals surface area contributed by atoms with Gasteiger partial charge in [-0.3, -0.25) is 0 Å². The molecule has 7 rings (SSSR count). The Labute approximate surface area is 192 Å². The maximum Gasteiger partial charge on any atom is 0.138 e. The Balaban J connectivity index is 1.37. The molecule has 0 aromatic carbocycles. The van der Waals surface area contributed by atoms with E-state index in [1.807, 2.05) is 18.3 Å². The summed E-state index contributed by atoms with van der Waals surface area (Å²) < 4.78 is 7.48. The van der Waals surface area contributed by atoms with Crippen LogP contribution in [0.15, 0.2) is 36.8 Å². The summed E-state index contributed by atoms with van der Waals surface area (Å²) in [6.07, 6.45) is 9.71. The molecule has 33 heavy (non-hydrogen) atoms. The van der Waals surface area contributed by atoms with E-state index in [1.165, 1.54) is 12.8 Å². The van der Waals surface area contributed by atoms with Crippen molar-refractivity contribution in [1.82, 2.24) is 14.6 Å². The van der Waals surface area contributed by atoms with Crippen molar-refractivity contribution in [3.8, 4) is 22.9 Å². The van der Waals surface area contributed by atoms with Crippen LogP contribution in [0, 0.1) is 17.2 Å². The van der Waals surface area contributed by atoms with E-state index in [9.17, 15) is 10.4 Å². The molecule has 4 unspecified atom stereocenters. The van der Waals surface area contributed by atoms with Crippen LogP contribution in [0.25, 0.3) is 16.6 Å². The van der Waals surface area contributed by atoms with E-state index in [4.69, 9.17) is 15.5 Å². The molecule has 4 bridgehead atoms. The topological polar surface area (TPSA) is 113 Å². The van der Waals surface area contributed by atoms with Crippen LogP contribution in [0.3, 0.4) is 0 Å². The Kier molecular flexibility index (Phi) is 4.29. The fraction of sp³-hybridized carbons (Fsp3) is 0.480. The van der Waals surface area contributed by atoms with Crippen molar-refractivity contribution in [3.63, 3.8) is 0 Å². The van der Waals surface area contributed by atoms with Crippen molar-refractivity contribution >= 4 is 11.3 Å². The normalized spacial score (nSPS) is 28.0. The van der Waals surface area contributed by atoms with E-state index in [0.717, 1.165) is 35.7 Å². The molecule has 4 fully saturated rings. The first-order valence-electron chi connectivity index (χ1n) is 11.5. The number of ether oxygens (including phenoxy) is 1. The van der Waals surface area contributed by atoms with Crippen LogP contribution in [0.4, 0.5) is 5.82 Å². The Bertz CT molecular complexity index is 1270.